The maximum absolute atomic E-state index is 13.0. The molecule has 0 amide bonds. The number of carbonyl (C=O) groups is 1. The highest BCUT2D eigenvalue weighted by Gasteiger charge is 2.31. The largest absolute Gasteiger partial charge is 0.490 e. The second-order valence-electron chi connectivity index (χ2n) is 3.55. The fraction of sp³-hybridized carbons (Fsp3) is 0.364. The molecule has 0 aromatic heterocycles. The molecule has 2 nitrogen and oxygen atoms in total. The summed E-state index contributed by atoms with van der Waals surface area (Å²) in [6.45, 7) is 3.67. The lowest BCUT2D eigenvalue weighted by Crippen LogP contribution is -2.15. The van der Waals surface area contributed by atoms with Crippen LogP contribution < -0.4 is 4.74 Å². The van der Waals surface area contributed by atoms with Crippen LogP contribution in [0.4, 0.5) is 8.78 Å². The first-order valence-corrected chi connectivity index (χ1v) is 5.47. The Hall–Kier alpha value is -0.970. The fourth-order valence-electron chi connectivity index (χ4n) is 1.13. The maximum atomic E-state index is 13.0. The summed E-state index contributed by atoms with van der Waals surface area (Å²) in [5.41, 5.74) is -0.356. The summed E-state index contributed by atoms with van der Waals surface area (Å²) in [7, 11) is 0. The zero-order chi connectivity index (χ0) is 12.3. The van der Waals surface area contributed by atoms with Crippen molar-refractivity contribution < 1.29 is 18.3 Å². The van der Waals surface area contributed by atoms with E-state index in [-0.39, 0.29) is 18.0 Å². The van der Waals surface area contributed by atoms with Crippen molar-refractivity contribution in [2.24, 2.45) is 0 Å². The standard InChI is InChI=1S/C11H11BrF2O2/c1-7(2)16-10-4-3-8(5-9(10)12)11(13,14)6-15/h3-7H,1-2H3. The van der Waals surface area contributed by atoms with Gasteiger partial charge in [0.25, 0.3) is 0 Å². The van der Waals surface area contributed by atoms with Crippen molar-refractivity contribution in [1.29, 1.82) is 0 Å². The van der Waals surface area contributed by atoms with Crippen LogP contribution in [0.15, 0.2) is 22.7 Å². The quantitative estimate of drug-likeness (QED) is 0.794. The number of halogens is 3. The number of ether oxygens (including phenoxy) is 1. The van der Waals surface area contributed by atoms with E-state index in [4.69, 9.17) is 4.74 Å². The first-order chi connectivity index (χ1) is 7.36. The average molecular weight is 293 g/mol. The molecule has 0 radical (unpaired) electrons. The highest BCUT2D eigenvalue weighted by molar-refractivity contribution is 9.10. The van der Waals surface area contributed by atoms with Gasteiger partial charge >= 0.3 is 5.92 Å². The number of hydrogen-bond donors (Lipinski definition) is 0. The smallest absolute Gasteiger partial charge is 0.327 e. The number of aldehydes is 1. The predicted octanol–water partition coefficient (Wildman–Crippen LogP) is 3.53. The molecular formula is C11H11BrF2O2. The summed E-state index contributed by atoms with van der Waals surface area (Å²) in [6, 6.07) is 3.78. The van der Waals surface area contributed by atoms with Gasteiger partial charge in [-0.25, -0.2) is 0 Å². The van der Waals surface area contributed by atoms with Crippen molar-refractivity contribution in [2.75, 3.05) is 0 Å². The molecule has 0 atom stereocenters. The molecule has 0 N–H and O–H groups in total. The molecule has 0 heterocycles. The predicted molar refractivity (Wildman–Crippen MR) is 59.9 cm³/mol. The summed E-state index contributed by atoms with van der Waals surface area (Å²) < 4.78 is 31.8. The number of carbonyl (C=O) groups excluding carboxylic acids is 1. The molecule has 0 saturated carbocycles. The highest BCUT2D eigenvalue weighted by atomic mass is 79.9. The lowest BCUT2D eigenvalue weighted by atomic mass is 10.1. The Bertz CT molecular complexity index is 392. The summed E-state index contributed by atoms with van der Waals surface area (Å²) >= 11 is 3.12. The van der Waals surface area contributed by atoms with E-state index in [1.165, 1.54) is 18.2 Å². The molecule has 16 heavy (non-hydrogen) atoms. The van der Waals surface area contributed by atoms with E-state index < -0.39 is 5.92 Å². The molecule has 1 aromatic rings. The summed E-state index contributed by atoms with van der Waals surface area (Å²) in [6.07, 6.45) is -0.425. The molecule has 0 aliphatic carbocycles. The Kier molecular flexibility index (Phi) is 4.02. The van der Waals surface area contributed by atoms with Crippen molar-refractivity contribution in [3.05, 3.63) is 28.2 Å². The number of alkyl halides is 2. The Morgan fingerprint density at radius 1 is 1.44 bits per heavy atom. The number of benzene rings is 1. The molecule has 0 fully saturated rings. The van der Waals surface area contributed by atoms with Gasteiger partial charge in [0.05, 0.1) is 10.6 Å². The van der Waals surface area contributed by atoms with E-state index in [0.29, 0.717) is 10.2 Å². The Morgan fingerprint density at radius 2 is 2.06 bits per heavy atom. The van der Waals surface area contributed by atoms with E-state index in [9.17, 15) is 13.6 Å². The fourth-order valence-corrected chi connectivity index (χ4v) is 1.60. The van der Waals surface area contributed by atoms with Crippen molar-refractivity contribution in [3.63, 3.8) is 0 Å². The summed E-state index contributed by atoms with van der Waals surface area (Å²) in [5.74, 6) is -2.99. The number of hydrogen-bond acceptors (Lipinski definition) is 2. The van der Waals surface area contributed by atoms with Crippen LogP contribution in [0.1, 0.15) is 19.4 Å². The van der Waals surface area contributed by atoms with Crippen molar-refractivity contribution in [2.45, 2.75) is 25.9 Å². The first-order valence-electron chi connectivity index (χ1n) is 4.67. The molecule has 88 valence electrons. The van der Waals surface area contributed by atoms with Gasteiger partial charge in [0, 0.05) is 5.56 Å². The zero-order valence-electron chi connectivity index (χ0n) is 8.84. The molecular weight excluding hydrogens is 282 g/mol. The van der Waals surface area contributed by atoms with Gasteiger partial charge in [0.1, 0.15) is 5.75 Å². The van der Waals surface area contributed by atoms with Gasteiger partial charge in [-0.15, -0.1) is 0 Å². The van der Waals surface area contributed by atoms with E-state index in [0.717, 1.165) is 0 Å². The molecule has 0 spiro atoms. The Morgan fingerprint density at radius 3 is 2.50 bits per heavy atom. The van der Waals surface area contributed by atoms with Gasteiger partial charge in [-0.3, -0.25) is 4.79 Å². The summed E-state index contributed by atoms with van der Waals surface area (Å²) in [4.78, 5) is 10.2. The third kappa shape index (κ3) is 3.01. The van der Waals surface area contributed by atoms with Gasteiger partial charge < -0.3 is 4.74 Å². The molecule has 5 heteroatoms. The van der Waals surface area contributed by atoms with Gasteiger partial charge in [-0.1, -0.05) is 0 Å². The van der Waals surface area contributed by atoms with E-state index in [1.807, 2.05) is 13.8 Å². The zero-order valence-corrected chi connectivity index (χ0v) is 10.4. The monoisotopic (exact) mass is 292 g/mol. The molecule has 0 saturated heterocycles. The van der Waals surface area contributed by atoms with Crippen LogP contribution in [0.3, 0.4) is 0 Å². The van der Waals surface area contributed by atoms with E-state index in [2.05, 4.69) is 15.9 Å². The van der Waals surface area contributed by atoms with E-state index in [1.54, 1.807) is 0 Å². The van der Waals surface area contributed by atoms with Crippen LogP contribution in [0, 0.1) is 0 Å². The lowest BCUT2D eigenvalue weighted by molar-refractivity contribution is -0.130. The lowest BCUT2D eigenvalue weighted by Gasteiger charge is -2.14. The third-order valence-electron chi connectivity index (χ3n) is 1.83. The van der Waals surface area contributed by atoms with Crippen LogP contribution in [0.5, 0.6) is 5.75 Å². The molecule has 0 unspecified atom stereocenters. The minimum Gasteiger partial charge on any atom is -0.490 e. The Balaban J connectivity index is 3.04. The van der Waals surface area contributed by atoms with Crippen molar-refractivity contribution >= 4 is 22.2 Å². The summed E-state index contributed by atoms with van der Waals surface area (Å²) in [5, 5.41) is 0. The topological polar surface area (TPSA) is 26.3 Å². The van der Waals surface area contributed by atoms with Crippen LogP contribution in [0.2, 0.25) is 0 Å². The first kappa shape index (κ1) is 13.1. The van der Waals surface area contributed by atoms with Crippen LogP contribution >= 0.6 is 15.9 Å². The highest BCUT2D eigenvalue weighted by Crippen LogP contribution is 2.33. The SMILES string of the molecule is CC(C)Oc1ccc(C(F)(F)C=O)cc1Br. The second-order valence-corrected chi connectivity index (χ2v) is 4.41. The van der Waals surface area contributed by atoms with Gasteiger partial charge in [-0.05, 0) is 48.0 Å². The molecule has 0 aliphatic rings. The normalized spacial score (nSPS) is 11.6. The van der Waals surface area contributed by atoms with Crippen LogP contribution in [-0.4, -0.2) is 12.4 Å². The number of rotatable bonds is 4. The molecule has 0 aliphatic heterocycles. The average Bonchev–Trinajstić information content (AvgIpc) is 2.20. The second kappa shape index (κ2) is 4.91. The third-order valence-corrected chi connectivity index (χ3v) is 2.45. The minimum atomic E-state index is -3.46. The van der Waals surface area contributed by atoms with E-state index >= 15 is 0 Å². The molecule has 1 rings (SSSR count). The Labute approximate surface area is 101 Å². The minimum absolute atomic E-state index is 0.0475. The van der Waals surface area contributed by atoms with Gasteiger partial charge in [-0.2, -0.15) is 8.78 Å². The molecule has 0 bridgehead atoms. The van der Waals surface area contributed by atoms with Crippen molar-refractivity contribution in [1.82, 2.24) is 0 Å². The molecule has 1 aromatic carbocycles. The van der Waals surface area contributed by atoms with Gasteiger partial charge in [0.2, 0.25) is 0 Å². The van der Waals surface area contributed by atoms with Crippen LogP contribution in [0.25, 0.3) is 0 Å². The van der Waals surface area contributed by atoms with Gasteiger partial charge in [0.15, 0.2) is 6.29 Å². The maximum Gasteiger partial charge on any atom is 0.327 e. The van der Waals surface area contributed by atoms with Crippen LogP contribution in [-0.2, 0) is 10.7 Å². The van der Waals surface area contributed by atoms with Crippen molar-refractivity contribution in [3.8, 4) is 5.75 Å².